The van der Waals surface area contributed by atoms with E-state index in [1.165, 1.54) is 19.5 Å². The average molecular weight is 498 g/mol. The van der Waals surface area contributed by atoms with Gasteiger partial charge in [-0.05, 0) is 23.3 Å². The number of aromatic nitrogens is 1. The topological polar surface area (TPSA) is 109 Å². The summed E-state index contributed by atoms with van der Waals surface area (Å²) in [5, 5.41) is 34.0. The molecule has 4 unspecified atom stereocenters. The quantitative estimate of drug-likeness (QED) is 0.507. The first-order chi connectivity index (χ1) is 15.4. The maximum atomic E-state index is 12.5. The smallest absolute Gasteiger partial charge is 0.310 e. The Balaban J connectivity index is 1.89. The Kier molecular flexibility index (Phi) is 4.77. The first kappa shape index (κ1) is 20.9. The number of aliphatic hydroxyl groups excluding tert-OH is 1. The highest BCUT2D eigenvalue weighted by Gasteiger charge is 2.78. The fourth-order valence-electron chi connectivity index (χ4n) is 5.37. The second-order valence-electron chi connectivity index (χ2n) is 8.02. The highest BCUT2D eigenvalue weighted by atomic mass is 79.9. The predicted octanol–water partition coefficient (Wildman–Crippen LogP) is 3.19. The monoisotopic (exact) mass is 497 g/mol. The molecule has 8 heteroatoms. The lowest BCUT2D eigenvalue weighted by molar-refractivity contribution is -0.159. The Hall–Kier alpha value is -2.94. The molecule has 2 heterocycles. The van der Waals surface area contributed by atoms with E-state index in [9.17, 15) is 20.1 Å². The molecule has 7 nitrogen and oxygen atoms in total. The highest BCUT2D eigenvalue weighted by Crippen LogP contribution is 2.69. The second-order valence-corrected chi connectivity index (χ2v) is 8.94. The normalized spacial score (nSPS) is 30.3. The zero-order valence-electron chi connectivity index (χ0n) is 17.0. The molecule has 0 radical (unpaired) electrons. The molecule has 3 aromatic rings. The molecular weight excluding hydrogens is 478 g/mol. The van der Waals surface area contributed by atoms with Gasteiger partial charge in [-0.15, -0.1) is 0 Å². The van der Waals surface area contributed by atoms with Crippen molar-refractivity contribution in [2.24, 2.45) is 5.92 Å². The number of carbonyl (C=O) groups is 1. The summed E-state index contributed by atoms with van der Waals surface area (Å²) < 4.78 is 12.7. The molecule has 3 N–H and O–H groups in total. The number of hydrogen-bond acceptors (Lipinski definition) is 6. The van der Waals surface area contributed by atoms with Gasteiger partial charge in [-0.3, -0.25) is 9.78 Å². The number of fused-ring (bicyclic) bond motifs is 3. The Morgan fingerprint density at radius 3 is 2.44 bits per heavy atom. The molecule has 1 aromatic heterocycles. The SMILES string of the molecule is COc1cncc2c1C1(O)[C@H](O)C(C(=O)O)C(c3ccccc3)C1(c1ccc(Br)cc1)O2. The molecule has 1 saturated carbocycles. The van der Waals surface area contributed by atoms with Crippen molar-refractivity contribution in [3.05, 3.63) is 88.2 Å². The van der Waals surface area contributed by atoms with Gasteiger partial charge in [0.05, 0.1) is 31.0 Å². The van der Waals surface area contributed by atoms with E-state index in [1.54, 1.807) is 48.5 Å². The molecule has 1 aliphatic carbocycles. The first-order valence-corrected chi connectivity index (χ1v) is 10.8. The van der Waals surface area contributed by atoms with Crippen LogP contribution in [0.3, 0.4) is 0 Å². The summed E-state index contributed by atoms with van der Waals surface area (Å²) in [6.45, 7) is 0. The van der Waals surface area contributed by atoms with E-state index in [1.807, 2.05) is 6.07 Å². The van der Waals surface area contributed by atoms with E-state index in [0.717, 1.165) is 4.47 Å². The third-order valence-electron chi connectivity index (χ3n) is 6.60. The lowest BCUT2D eigenvalue weighted by atomic mass is 9.70. The molecular formula is C24H20BrNO6. The number of carboxylic acids is 1. The zero-order valence-corrected chi connectivity index (χ0v) is 18.6. The van der Waals surface area contributed by atoms with Crippen molar-refractivity contribution in [1.82, 2.24) is 4.98 Å². The van der Waals surface area contributed by atoms with Crippen molar-refractivity contribution in [3.63, 3.8) is 0 Å². The van der Waals surface area contributed by atoms with Crippen LogP contribution in [0.2, 0.25) is 0 Å². The summed E-state index contributed by atoms with van der Waals surface area (Å²) in [5.74, 6) is -3.06. The largest absolute Gasteiger partial charge is 0.495 e. The minimum atomic E-state index is -2.12. The van der Waals surface area contributed by atoms with Crippen molar-refractivity contribution in [2.75, 3.05) is 7.11 Å². The number of rotatable bonds is 4. The van der Waals surface area contributed by atoms with Crippen LogP contribution in [0.15, 0.2) is 71.5 Å². The van der Waals surface area contributed by atoms with Gasteiger partial charge >= 0.3 is 5.97 Å². The van der Waals surface area contributed by atoms with Crippen molar-refractivity contribution in [1.29, 1.82) is 0 Å². The first-order valence-electron chi connectivity index (χ1n) is 10.0. The minimum absolute atomic E-state index is 0.190. The summed E-state index contributed by atoms with van der Waals surface area (Å²) in [6, 6.07) is 16.0. The molecule has 0 saturated heterocycles. The number of ether oxygens (including phenoxy) is 2. The van der Waals surface area contributed by atoms with E-state index in [0.29, 0.717) is 11.1 Å². The minimum Gasteiger partial charge on any atom is -0.495 e. The Labute approximate surface area is 192 Å². The lowest BCUT2D eigenvalue weighted by Gasteiger charge is -2.40. The van der Waals surface area contributed by atoms with Gasteiger partial charge in [0.15, 0.2) is 11.2 Å². The van der Waals surface area contributed by atoms with E-state index in [-0.39, 0.29) is 17.1 Å². The van der Waals surface area contributed by atoms with Crippen molar-refractivity contribution in [2.45, 2.75) is 23.2 Å². The molecule has 2 aromatic carbocycles. The number of benzene rings is 2. The summed E-state index contributed by atoms with van der Waals surface area (Å²) in [7, 11) is 1.42. The Bertz CT molecular complexity index is 1190. The number of pyridine rings is 1. The van der Waals surface area contributed by atoms with Gasteiger partial charge in [0.1, 0.15) is 17.6 Å². The van der Waals surface area contributed by atoms with E-state index >= 15 is 0 Å². The van der Waals surface area contributed by atoms with Crippen LogP contribution in [0.4, 0.5) is 0 Å². The molecule has 1 fully saturated rings. The molecule has 0 amide bonds. The van der Waals surface area contributed by atoms with Crippen LogP contribution in [0.1, 0.15) is 22.6 Å². The van der Waals surface area contributed by atoms with E-state index < -0.39 is 35.1 Å². The maximum Gasteiger partial charge on any atom is 0.310 e. The molecule has 0 spiro atoms. The summed E-state index contributed by atoms with van der Waals surface area (Å²) in [5.41, 5.74) is -2.42. The third kappa shape index (κ3) is 2.54. The van der Waals surface area contributed by atoms with E-state index in [4.69, 9.17) is 9.47 Å². The molecule has 164 valence electrons. The van der Waals surface area contributed by atoms with Crippen molar-refractivity contribution in [3.8, 4) is 11.5 Å². The van der Waals surface area contributed by atoms with Gasteiger partial charge in [-0.2, -0.15) is 0 Å². The number of hydrogen-bond donors (Lipinski definition) is 3. The van der Waals surface area contributed by atoms with Crippen LogP contribution in [0.5, 0.6) is 11.5 Å². The maximum absolute atomic E-state index is 12.5. The number of aliphatic carboxylic acids is 1. The van der Waals surface area contributed by atoms with Crippen LogP contribution in [-0.4, -0.2) is 39.5 Å². The lowest BCUT2D eigenvalue weighted by Crippen LogP contribution is -2.52. The molecule has 0 bridgehead atoms. The van der Waals surface area contributed by atoms with Gasteiger partial charge in [-0.25, -0.2) is 0 Å². The Morgan fingerprint density at radius 2 is 1.81 bits per heavy atom. The van der Waals surface area contributed by atoms with Crippen LogP contribution >= 0.6 is 15.9 Å². The molecule has 5 atom stereocenters. The number of carboxylic acid groups (broad SMARTS) is 1. The standard InChI is InChI=1S/C24H20BrNO6/c1-31-16-11-26-12-17-20(16)23(30)21(27)18(22(28)29)19(13-5-3-2-4-6-13)24(23,32-17)14-7-9-15(25)10-8-14/h2-12,18-19,21,27,30H,1H3,(H,28,29)/t18?,19?,21-,23?,24?/m1/s1. The fourth-order valence-corrected chi connectivity index (χ4v) is 5.63. The van der Waals surface area contributed by atoms with Gasteiger partial charge in [0.25, 0.3) is 0 Å². The van der Waals surface area contributed by atoms with Crippen LogP contribution in [0, 0.1) is 5.92 Å². The number of methoxy groups -OCH3 is 1. The van der Waals surface area contributed by atoms with Crippen LogP contribution in [0.25, 0.3) is 0 Å². The third-order valence-corrected chi connectivity index (χ3v) is 7.13. The predicted molar refractivity (Wildman–Crippen MR) is 117 cm³/mol. The highest BCUT2D eigenvalue weighted by molar-refractivity contribution is 9.10. The van der Waals surface area contributed by atoms with Gasteiger partial charge < -0.3 is 24.8 Å². The number of nitrogens with zero attached hydrogens (tertiary/aromatic N) is 1. The fraction of sp³-hybridized carbons (Fsp3) is 0.250. The molecule has 1 aliphatic heterocycles. The average Bonchev–Trinajstić information content (AvgIpc) is 3.18. The van der Waals surface area contributed by atoms with Crippen molar-refractivity contribution < 1.29 is 29.6 Å². The second kappa shape index (κ2) is 7.30. The van der Waals surface area contributed by atoms with Gasteiger partial charge in [-0.1, -0.05) is 58.4 Å². The zero-order chi connectivity index (χ0) is 22.7. The molecule has 2 aliphatic rings. The van der Waals surface area contributed by atoms with Crippen molar-refractivity contribution >= 4 is 21.9 Å². The van der Waals surface area contributed by atoms with Crippen LogP contribution < -0.4 is 9.47 Å². The molecule has 32 heavy (non-hydrogen) atoms. The van der Waals surface area contributed by atoms with Gasteiger partial charge in [0.2, 0.25) is 0 Å². The number of aliphatic hydroxyl groups is 2. The van der Waals surface area contributed by atoms with E-state index in [2.05, 4.69) is 20.9 Å². The van der Waals surface area contributed by atoms with Gasteiger partial charge in [0, 0.05) is 10.4 Å². The molecule has 5 rings (SSSR count). The summed E-state index contributed by atoms with van der Waals surface area (Å²) >= 11 is 3.42. The summed E-state index contributed by atoms with van der Waals surface area (Å²) in [4.78, 5) is 16.6. The summed E-state index contributed by atoms with van der Waals surface area (Å²) in [6.07, 6.45) is 1.17. The number of halogens is 1. The Morgan fingerprint density at radius 1 is 1.12 bits per heavy atom. The van der Waals surface area contributed by atoms with Crippen LogP contribution in [-0.2, 0) is 16.0 Å².